The summed E-state index contributed by atoms with van der Waals surface area (Å²) in [5.41, 5.74) is 7.05. The van der Waals surface area contributed by atoms with Crippen LogP contribution in [0, 0.1) is 6.92 Å². The van der Waals surface area contributed by atoms with E-state index in [1.165, 1.54) is 18.0 Å². The molecule has 0 radical (unpaired) electrons. The summed E-state index contributed by atoms with van der Waals surface area (Å²) >= 11 is 3.37. The van der Waals surface area contributed by atoms with Gasteiger partial charge >= 0.3 is 5.97 Å². The SMILES string of the molecule is COC(=O)c1nn(-c2cc(C)c(Br)cn2)cc1N. The number of methoxy groups -OCH3 is 1. The first-order valence-corrected chi connectivity index (χ1v) is 5.88. The molecule has 0 aromatic carbocycles. The Kier molecular flexibility index (Phi) is 3.33. The molecule has 0 saturated heterocycles. The van der Waals surface area contributed by atoms with Gasteiger partial charge in [0.05, 0.1) is 19.0 Å². The first-order chi connectivity index (χ1) is 8.52. The molecule has 6 nitrogen and oxygen atoms in total. The van der Waals surface area contributed by atoms with Gasteiger partial charge in [-0.05, 0) is 34.5 Å². The zero-order chi connectivity index (χ0) is 13.3. The van der Waals surface area contributed by atoms with Crippen LogP contribution in [0.2, 0.25) is 0 Å². The molecule has 18 heavy (non-hydrogen) atoms. The van der Waals surface area contributed by atoms with Crippen LogP contribution in [0.15, 0.2) is 22.9 Å². The number of ether oxygens (including phenoxy) is 1. The molecule has 2 N–H and O–H groups in total. The lowest BCUT2D eigenvalue weighted by Crippen LogP contribution is -2.06. The third kappa shape index (κ3) is 2.21. The van der Waals surface area contributed by atoms with Crippen molar-refractivity contribution in [2.24, 2.45) is 0 Å². The van der Waals surface area contributed by atoms with Crippen molar-refractivity contribution in [3.05, 3.63) is 34.2 Å². The number of aryl methyl sites for hydroxylation is 1. The maximum atomic E-state index is 11.4. The van der Waals surface area contributed by atoms with Gasteiger partial charge < -0.3 is 10.5 Å². The molecule has 0 fully saturated rings. The number of nitrogens with zero attached hydrogens (tertiary/aromatic N) is 3. The van der Waals surface area contributed by atoms with Gasteiger partial charge in [-0.25, -0.2) is 14.5 Å². The Bertz CT molecular complexity index is 609. The van der Waals surface area contributed by atoms with Crippen molar-refractivity contribution in [1.82, 2.24) is 14.8 Å². The molecule has 0 saturated carbocycles. The monoisotopic (exact) mass is 310 g/mol. The highest BCUT2D eigenvalue weighted by atomic mass is 79.9. The average molecular weight is 311 g/mol. The van der Waals surface area contributed by atoms with Crippen molar-refractivity contribution < 1.29 is 9.53 Å². The van der Waals surface area contributed by atoms with Crippen LogP contribution in [0.25, 0.3) is 5.82 Å². The molecule has 0 bridgehead atoms. The lowest BCUT2D eigenvalue weighted by atomic mass is 10.3. The van der Waals surface area contributed by atoms with Gasteiger partial charge in [0.15, 0.2) is 11.5 Å². The fourth-order valence-corrected chi connectivity index (χ4v) is 1.63. The maximum Gasteiger partial charge on any atom is 0.360 e. The molecule has 2 heterocycles. The number of hydrogen-bond donors (Lipinski definition) is 1. The molecular formula is C11H11BrN4O2. The van der Waals surface area contributed by atoms with E-state index in [1.54, 1.807) is 6.20 Å². The van der Waals surface area contributed by atoms with Gasteiger partial charge in [0.1, 0.15) is 0 Å². The third-order valence-electron chi connectivity index (χ3n) is 2.39. The van der Waals surface area contributed by atoms with Crippen molar-refractivity contribution in [2.75, 3.05) is 12.8 Å². The number of carbonyl (C=O) groups excluding carboxylic acids is 1. The van der Waals surface area contributed by atoms with Crippen molar-refractivity contribution in [3.8, 4) is 5.82 Å². The molecule has 0 unspecified atom stereocenters. The van der Waals surface area contributed by atoms with Gasteiger partial charge in [0, 0.05) is 10.7 Å². The minimum absolute atomic E-state index is 0.0832. The van der Waals surface area contributed by atoms with Gasteiger partial charge in [-0.2, -0.15) is 5.10 Å². The predicted molar refractivity (Wildman–Crippen MR) is 69.5 cm³/mol. The summed E-state index contributed by atoms with van der Waals surface area (Å²) in [6.45, 7) is 1.93. The van der Waals surface area contributed by atoms with Gasteiger partial charge in [-0.3, -0.25) is 0 Å². The number of aromatic nitrogens is 3. The summed E-state index contributed by atoms with van der Waals surface area (Å²) in [6, 6.07) is 1.83. The second-order valence-electron chi connectivity index (χ2n) is 3.66. The van der Waals surface area contributed by atoms with Crippen molar-refractivity contribution in [2.45, 2.75) is 6.92 Å². The number of pyridine rings is 1. The topological polar surface area (TPSA) is 83.0 Å². The molecular weight excluding hydrogens is 300 g/mol. The summed E-state index contributed by atoms with van der Waals surface area (Å²) in [5.74, 6) is 0.0117. The van der Waals surface area contributed by atoms with Crippen LogP contribution in [0.3, 0.4) is 0 Å². The minimum atomic E-state index is -0.569. The highest BCUT2D eigenvalue weighted by molar-refractivity contribution is 9.10. The number of halogens is 1. The van der Waals surface area contributed by atoms with Crippen LogP contribution in [0.5, 0.6) is 0 Å². The zero-order valence-corrected chi connectivity index (χ0v) is 11.4. The molecule has 2 aromatic rings. The van der Waals surface area contributed by atoms with Crippen LogP contribution in [-0.4, -0.2) is 27.8 Å². The molecule has 2 aromatic heterocycles. The quantitative estimate of drug-likeness (QED) is 0.854. The summed E-state index contributed by atoms with van der Waals surface area (Å²) < 4.78 is 6.93. The van der Waals surface area contributed by atoms with Crippen LogP contribution < -0.4 is 5.73 Å². The Morgan fingerprint density at radius 3 is 2.89 bits per heavy atom. The van der Waals surface area contributed by atoms with E-state index in [0.29, 0.717) is 5.82 Å². The van der Waals surface area contributed by atoms with Crippen molar-refractivity contribution in [3.63, 3.8) is 0 Å². The Morgan fingerprint density at radius 1 is 1.56 bits per heavy atom. The van der Waals surface area contributed by atoms with Gasteiger partial charge in [-0.1, -0.05) is 0 Å². The van der Waals surface area contributed by atoms with E-state index in [2.05, 4.69) is 30.7 Å². The summed E-state index contributed by atoms with van der Waals surface area (Å²) in [6.07, 6.45) is 3.20. The number of carbonyl (C=O) groups is 1. The fourth-order valence-electron chi connectivity index (χ4n) is 1.41. The highest BCUT2D eigenvalue weighted by Gasteiger charge is 2.16. The lowest BCUT2D eigenvalue weighted by molar-refractivity contribution is 0.0594. The van der Waals surface area contributed by atoms with E-state index in [1.807, 2.05) is 13.0 Å². The molecule has 7 heteroatoms. The lowest BCUT2D eigenvalue weighted by Gasteiger charge is -2.02. The van der Waals surface area contributed by atoms with E-state index in [4.69, 9.17) is 5.73 Å². The van der Waals surface area contributed by atoms with E-state index in [0.717, 1.165) is 10.0 Å². The summed E-state index contributed by atoms with van der Waals surface area (Å²) in [4.78, 5) is 15.6. The number of nitrogen functional groups attached to an aromatic ring is 1. The van der Waals surface area contributed by atoms with Crippen molar-refractivity contribution >= 4 is 27.6 Å². The summed E-state index contributed by atoms with van der Waals surface area (Å²) in [5, 5.41) is 4.06. The normalized spacial score (nSPS) is 10.4. The number of nitrogens with two attached hydrogens (primary N) is 1. The largest absolute Gasteiger partial charge is 0.464 e. The van der Waals surface area contributed by atoms with Crippen LogP contribution in [0.4, 0.5) is 5.69 Å². The Labute approximate surface area is 112 Å². The second-order valence-corrected chi connectivity index (χ2v) is 4.52. The van der Waals surface area contributed by atoms with Gasteiger partial charge in [0.25, 0.3) is 0 Å². The standard InChI is InChI=1S/C11H11BrN4O2/c1-6-3-9(14-4-7(6)12)16-5-8(13)10(15-16)11(17)18-2/h3-5H,13H2,1-2H3. The van der Waals surface area contributed by atoms with E-state index in [-0.39, 0.29) is 11.4 Å². The highest BCUT2D eigenvalue weighted by Crippen LogP contribution is 2.18. The molecule has 94 valence electrons. The van der Waals surface area contributed by atoms with Crippen LogP contribution in [0.1, 0.15) is 16.1 Å². The molecule has 2 rings (SSSR count). The molecule has 0 amide bonds. The van der Waals surface area contributed by atoms with Crippen molar-refractivity contribution in [1.29, 1.82) is 0 Å². The minimum Gasteiger partial charge on any atom is -0.464 e. The molecule has 0 atom stereocenters. The van der Waals surface area contributed by atoms with Gasteiger partial charge in [-0.15, -0.1) is 0 Å². The molecule has 0 spiro atoms. The Morgan fingerprint density at radius 2 is 2.28 bits per heavy atom. The zero-order valence-electron chi connectivity index (χ0n) is 9.85. The average Bonchev–Trinajstić information content (AvgIpc) is 2.74. The Balaban J connectivity index is 2.45. The first kappa shape index (κ1) is 12.6. The summed E-state index contributed by atoms with van der Waals surface area (Å²) in [7, 11) is 1.28. The first-order valence-electron chi connectivity index (χ1n) is 5.09. The molecule has 0 aliphatic carbocycles. The predicted octanol–water partition coefficient (Wildman–Crippen LogP) is 1.71. The van der Waals surface area contributed by atoms with Gasteiger partial charge in [0.2, 0.25) is 0 Å². The van der Waals surface area contributed by atoms with Crippen LogP contribution in [-0.2, 0) is 4.74 Å². The Hall–Kier alpha value is -1.89. The number of anilines is 1. The molecule has 0 aliphatic rings. The second kappa shape index (κ2) is 4.77. The number of esters is 1. The van der Waals surface area contributed by atoms with E-state index in [9.17, 15) is 4.79 Å². The van der Waals surface area contributed by atoms with E-state index < -0.39 is 5.97 Å². The number of hydrogen-bond acceptors (Lipinski definition) is 5. The molecule has 0 aliphatic heterocycles. The fraction of sp³-hybridized carbons (Fsp3) is 0.182. The smallest absolute Gasteiger partial charge is 0.360 e. The van der Waals surface area contributed by atoms with E-state index >= 15 is 0 Å². The number of rotatable bonds is 2. The van der Waals surface area contributed by atoms with Crippen LogP contribution >= 0.6 is 15.9 Å². The third-order valence-corrected chi connectivity index (χ3v) is 3.22. The maximum absolute atomic E-state index is 11.4.